The normalized spacial score (nSPS) is 12.8. The van der Waals surface area contributed by atoms with E-state index in [1.165, 1.54) is 89.9 Å². The minimum atomic E-state index is -5.17. The molecule has 0 aromatic rings. The zero-order valence-electron chi connectivity index (χ0n) is 23.5. The zero-order chi connectivity index (χ0) is 28.3. The fraction of sp³-hybridized carbons (Fsp3) is 1.00. The van der Waals surface area contributed by atoms with E-state index in [-0.39, 0.29) is 19.8 Å². The smallest absolute Gasteiger partial charge is 0.0808 e. The fourth-order valence-electron chi connectivity index (χ4n) is 4.88. The van der Waals surface area contributed by atoms with Crippen LogP contribution in [0.5, 0.6) is 0 Å². The number of nitrogens with zero attached hydrogens (tertiary/aromatic N) is 1. The molecule has 4 N–H and O–H groups in total. The van der Waals surface area contributed by atoms with Crippen molar-refractivity contribution in [1.29, 1.82) is 0 Å². The van der Waals surface area contributed by atoms with Crippen molar-refractivity contribution < 1.29 is 42.4 Å². The standard InChI is InChI=1S/C27H58NO4.H2O4S/c1-2-3-4-5-6-7-8-9-10-11-12-13-14-15-20-28(22-17-24-29,23-18-25-30)21-16-19-27(32)26-31;1-5(2,3)4/h27,29-32H,2-26H2,1H3;(H2,1,2,3,4)/q+1;/p-2. The number of aliphatic hydroxyl groups is 4. The summed E-state index contributed by atoms with van der Waals surface area (Å²) in [7, 11) is -5.17. The molecule has 0 amide bonds. The Kier molecular flexibility index (Phi) is 28.6. The van der Waals surface area contributed by atoms with Crippen molar-refractivity contribution in [2.75, 3.05) is 46.0 Å². The highest BCUT2D eigenvalue weighted by molar-refractivity contribution is 7.79. The SMILES string of the molecule is CCCCCCCCCCCCCCCC[N+](CCCO)(CCCO)CCCC(O)CO.O=S(=O)([O-])[O-]. The highest BCUT2D eigenvalue weighted by atomic mass is 32.3. The molecule has 0 rings (SSSR count). The summed E-state index contributed by atoms with van der Waals surface area (Å²) in [5.41, 5.74) is 0. The molecule has 0 saturated heterocycles. The first-order valence-corrected chi connectivity index (χ1v) is 16.0. The first-order chi connectivity index (χ1) is 17.6. The maximum absolute atomic E-state index is 9.68. The molecule has 1 unspecified atom stereocenters. The molecule has 0 aromatic carbocycles. The highest BCUT2D eigenvalue weighted by Gasteiger charge is 2.26. The Labute approximate surface area is 227 Å². The van der Waals surface area contributed by atoms with E-state index < -0.39 is 16.5 Å². The van der Waals surface area contributed by atoms with Crippen molar-refractivity contribution in [2.45, 2.75) is 129 Å². The van der Waals surface area contributed by atoms with Crippen LogP contribution in [0.25, 0.3) is 0 Å². The van der Waals surface area contributed by atoms with E-state index in [0.717, 1.165) is 49.9 Å². The summed E-state index contributed by atoms with van der Waals surface area (Å²) in [5.74, 6) is 0. The van der Waals surface area contributed by atoms with Crippen LogP contribution in [-0.4, -0.2) is 94.5 Å². The Morgan fingerprint density at radius 2 is 0.919 bits per heavy atom. The molecule has 0 fully saturated rings. The Hall–Kier alpha value is -0.330. The van der Waals surface area contributed by atoms with E-state index in [1.807, 2.05) is 0 Å². The van der Waals surface area contributed by atoms with Gasteiger partial charge in [0.2, 0.25) is 0 Å². The van der Waals surface area contributed by atoms with E-state index in [4.69, 9.17) is 22.6 Å². The lowest BCUT2D eigenvalue weighted by Gasteiger charge is -2.39. The second-order valence-corrected chi connectivity index (χ2v) is 11.2. The van der Waals surface area contributed by atoms with Gasteiger partial charge < -0.3 is 34.0 Å². The van der Waals surface area contributed by atoms with Crippen LogP contribution in [0, 0.1) is 0 Å². The van der Waals surface area contributed by atoms with Gasteiger partial charge in [0, 0.05) is 36.5 Å². The Bertz CT molecular complexity index is 547. The van der Waals surface area contributed by atoms with E-state index >= 15 is 0 Å². The number of rotatable bonds is 26. The predicted molar refractivity (Wildman–Crippen MR) is 146 cm³/mol. The Morgan fingerprint density at radius 3 is 1.27 bits per heavy atom. The van der Waals surface area contributed by atoms with Crippen LogP contribution in [0.15, 0.2) is 0 Å². The van der Waals surface area contributed by atoms with Crippen molar-refractivity contribution in [2.24, 2.45) is 0 Å². The van der Waals surface area contributed by atoms with Gasteiger partial charge in [-0.2, -0.15) is 0 Å². The maximum atomic E-state index is 9.68. The lowest BCUT2D eigenvalue weighted by molar-refractivity contribution is -0.929. The van der Waals surface area contributed by atoms with Gasteiger partial charge in [-0.3, -0.25) is 8.42 Å². The fourth-order valence-corrected chi connectivity index (χ4v) is 4.88. The monoisotopic (exact) mass is 556 g/mol. The first kappa shape index (κ1) is 38.8. The molecule has 10 heteroatoms. The summed E-state index contributed by atoms with van der Waals surface area (Å²) in [6, 6.07) is 0. The molecule has 0 aliphatic rings. The quantitative estimate of drug-likeness (QED) is 0.0541. The van der Waals surface area contributed by atoms with Gasteiger partial charge in [0.1, 0.15) is 0 Å². The summed E-state index contributed by atoms with van der Waals surface area (Å²) < 4.78 is 35.0. The van der Waals surface area contributed by atoms with Gasteiger partial charge in [0.15, 0.2) is 0 Å². The second-order valence-electron chi connectivity index (χ2n) is 10.4. The van der Waals surface area contributed by atoms with E-state index in [1.54, 1.807) is 0 Å². The third kappa shape index (κ3) is 31.8. The summed E-state index contributed by atoms with van der Waals surface area (Å²) in [6.45, 7) is 6.43. The molecule has 0 aliphatic carbocycles. The minimum absolute atomic E-state index is 0.174. The molecule has 37 heavy (non-hydrogen) atoms. The van der Waals surface area contributed by atoms with E-state index in [0.29, 0.717) is 6.42 Å². The van der Waals surface area contributed by atoms with Crippen LogP contribution >= 0.6 is 0 Å². The first-order valence-electron chi connectivity index (χ1n) is 14.7. The molecule has 226 valence electrons. The third-order valence-electron chi connectivity index (χ3n) is 6.95. The molecule has 1 atom stereocenters. The summed E-state index contributed by atoms with van der Waals surface area (Å²) in [5, 5.41) is 37.5. The number of unbranched alkanes of at least 4 members (excludes halogenated alkanes) is 13. The number of quaternary nitrogens is 1. The Balaban J connectivity index is 0. The van der Waals surface area contributed by atoms with Gasteiger partial charge in [0.05, 0.1) is 38.9 Å². The van der Waals surface area contributed by atoms with Gasteiger partial charge in [-0.25, -0.2) is 0 Å². The molecule has 0 saturated carbocycles. The van der Waals surface area contributed by atoms with Gasteiger partial charge in [0.25, 0.3) is 0 Å². The van der Waals surface area contributed by atoms with Crippen molar-refractivity contribution >= 4 is 10.4 Å². The Morgan fingerprint density at radius 1 is 0.595 bits per heavy atom. The van der Waals surface area contributed by atoms with Crippen LogP contribution in [0.2, 0.25) is 0 Å². The number of hydrogen-bond donors (Lipinski definition) is 4. The van der Waals surface area contributed by atoms with Crippen LogP contribution < -0.4 is 0 Å². The van der Waals surface area contributed by atoms with Crippen LogP contribution in [-0.2, 0) is 10.4 Å². The van der Waals surface area contributed by atoms with E-state index in [2.05, 4.69) is 6.92 Å². The average molecular weight is 557 g/mol. The average Bonchev–Trinajstić information content (AvgIpc) is 2.85. The van der Waals surface area contributed by atoms with Gasteiger partial charge in [-0.1, -0.05) is 84.0 Å². The van der Waals surface area contributed by atoms with Gasteiger partial charge in [-0.15, -0.1) is 0 Å². The molecular weight excluding hydrogens is 498 g/mol. The summed E-state index contributed by atoms with van der Waals surface area (Å²) >= 11 is 0. The van der Waals surface area contributed by atoms with E-state index in [9.17, 15) is 15.3 Å². The molecule has 0 bridgehead atoms. The van der Waals surface area contributed by atoms with Crippen LogP contribution in [0.4, 0.5) is 0 Å². The highest BCUT2D eigenvalue weighted by Crippen LogP contribution is 2.18. The molecule has 0 heterocycles. The van der Waals surface area contributed by atoms with Crippen molar-refractivity contribution in [3.8, 4) is 0 Å². The topological polar surface area (TPSA) is 161 Å². The van der Waals surface area contributed by atoms with Crippen molar-refractivity contribution in [3.05, 3.63) is 0 Å². The molecule has 0 aliphatic heterocycles. The maximum Gasteiger partial charge on any atom is 0.0808 e. The number of aliphatic hydroxyl groups excluding tert-OH is 4. The zero-order valence-corrected chi connectivity index (χ0v) is 24.3. The minimum Gasteiger partial charge on any atom is -0.759 e. The second kappa shape index (κ2) is 27.2. The number of hydrogen-bond acceptors (Lipinski definition) is 8. The molecule has 0 spiro atoms. The van der Waals surface area contributed by atoms with Crippen molar-refractivity contribution in [3.63, 3.8) is 0 Å². The van der Waals surface area contributed by atoms with Gasteiger partial charge >= 0.3 is 0 Å². The van der Waals surface area contributed by atoms with Crippen LogP contribution in [0.1, 0.15) is 122 Å². The van der Waals surface area contributed by atoms with Gasteiger partial charge in [-0.05, 0) is 25.7 Å². The molecular formula is C27H58NO8S-. The summed E-state index contributed by atoms with van der Waals surface area (Å²) in [4.78, 5) is 0. The molecule has 0 aromatic heterocycles. The lowest BCUT2D eigenvalue weighted by atomic mass is 10.0. The molecule has 9 nitrogen and oxygen atoms in total. The largest absolute Gasteiger partial charge is 0.759 e. The predicted octanol–water partition coefficient (Wildman–Crippen LogP) is 3.84. The summed E-state index contributed by atoms with van der Waals surface area (Å²) in [6.07, 6.45) is 21.5. The third-order valence-corrected chi connectivity index (χ3v) is 6.95. The lowest BCUT2D eigenvalue weighted by Crippen LogP contribution is -2.51. The van der Waals surface area contributed by atoms with Crippen LogP contribution in [0.3, 0.4) is 0 Å². The van der Waals surface area contributed by atoms with Crippen molar-refractivity contribution in [1.82, 2.24) is 0 Å². The molecule has 0 radical (unpaired) electrons.